The molecule has 0 bridgehead atoms. The van der Waals surface area contributed by atoms with E-state index in [-0.39, 0.29) is 5.91 Å². The number of nitrogens with one attached hydrogen (secondary N) is 1. The van der Waals surface area contributed by atoms with Crippen LogP contribution < -0.4 is 4.90 Å². The van der Waals surface area contributed by atoms with Crippen LogP contribution in [0.25, 0.3) is 0 Å². The number of carbonyl (C=O) groups excluding carboxylic acids is 1. The lowest BCUT2D eigenvalue weighted by molar-refractivity contribution is -0.117. The molecular formula is C13H19BrN4O. The van der Waals surface area contributed by atoms with Crippen molar-refractivity contribution in [3.8, 4) is 0 Å². The zero-order chi connectivity index (χ0) is 13.2. The van der Waals surface area contributed by atoms with Crippen LogP contribution in [0.2, 0.25) is 0 Å². The number of nitrogens with zero attached hydrogens (tertiary/aromatic N) is 3. The lowest BCUT2D eigenvalue weighted by Gasteiger charge is -2.18. The molecule has 1 aromatic heterocycles. The molecule has 104 valence electrons. The first-order valence-electron chi connectivity index (χ1n) is 7.06. The fourth-order valence-electron chi connectivity index (χ4n) is 3.02. The molecule has 6 heteroatoms. The van der Waals surface area contributed by atoms with E-state index in [4.69, 9.17) is 0 Å². The summed E-state index contributed by atoms with van der Waals surface area (Å²) in [5.74, 6) is 2.54. The van der Waals surface area contributed by atoms with Crippen LogP contribution in [0.5, 0.6) is 0 Å². The number of hydrogen-bond donors (Lipinski definition) is 1. The average Bonchev–Trinajstić information content (AvgIpc) is 3.06. The highest BCUT2D eigenvalue weighted by Gasteiger charge is 2.32. The molecule has 1 saturated carbocycles. The quantitative estimate of drug-likeness (QED) is 0.868. The lowest BCUT2D eigenvalue weighted by atomic mass is 9.89. The molecule has 1 aliphatic heterocycles. The number of H-pyrrole nitrogens is 1. The Morgan fingerprint density at radius 1 is 1.32 bits per heavy atom. The zero-order valence-corrected chi connectivity index (χ0v) is 12.5. The summed E-state index contributed by atoms with van der Waals surface area (Å²) in [6.45, 7) is 0.728. The monoisotopic (exact) mass is 326 g/mol. The Morgan fingerprint density at radius 2 is 2.11 bits per heavy atom. The normalized spacial score (nSPS) is 25.2. The third kappa shape index (κ3) is 2.68. The SMILES string of the molecule is O=C1CC(CBr)CN1c1n[nH]c(C2CCCCC2)n1. The number of anilines is 1. The fraction of sp³-hybridized carbons (Fsp3) is 0.769. The van der Waals surface area contributed by atoms with Crippen LogP contribution >= 0.6 is 15.9 Å². The number of aromatic nitrogens is 3. The van der Waals surface area contributed by atoms with Crippen molar-refractivity contribution in [2.75, 3.05) is 16.8 Å². The van der Waals surface area contributed by atoms with Gasteiger partial charge in [0.2, 0.25) is 5.91 Å². The molecule has 1 saturated heterocycles. The lowest BCUT2D eigenvalue weighted by Crippen LogP contribution is -2.25. The van der Waals surface area contributed by atoms with E-state index in [0.29, 0.717) is 24.2 Å². The Bertz CT molecular complexity index is 455. The molecule has 0 radical (unpaired) electrons. The van der Waals surface area contributed by atoms with E-state index in [0.717, 1.165) is 17.7 Å². The van der Waals surface area contributed by atoms with Gasteiger partial charge in [-0.1, -0.05) is 35.2 Å². The molecule has 1 amide bonds. The van der Waals surface area contributed by atoms with E-state index in [1.807, 2.05) is 0 Å². The second-order valence-electron chi connectivity index (χ2n) is 5.58. The maximum absolute atomic E-state index is 11.9. The maximum Gasteiger partial charge on any atom is 0.251 e. The number of halogens is 1. The Balaban J connectivity index is 1.72. The summed E-state index contributed by atoms with van der Waals surface area (Å²) in [5.41, 5.74) is 0. The van der Waals surface area contributed by atoms with Crippen molar-refractivity contribution in [3.63, 3.8) is 0 Å². The minimum absolute atomic E-state index is 0.138. The number of hydrogen-bond acceptors (Lipinski definition) is 3. The van der Waals surface area contributed by atoms with Gasteiger partial charge in [0.05, 0.1) is 0 Å². The Labute approximate surface area is 121 Å². The largest absolute Gasteiger partial charge is 0.279 e. The highest BCUT2D eigenvalue weighted by molar-refractivity contribution is 9.09. The topological polar surface area (TPSA) is 61.9 Å². The van der Waals surface area contributed by atoms with Gasteiger partial charge in [-0.15, -0.1) is 5.10 Å². The molecule has 1 unspecified atom stereocenters. The molecule has 1 aromatic rings. The number of alkyl halides is 1. The van der Waals surface area contributed by atoms with Crippen LogP contribution in [-0.2, 0) is 4.79 Å². The van der Waals surface area contributed by atoms with Crippen molar-refractivity contribution in [2.45, 2.75) is 44.4 Å². The van der Waals surface area contributed by atoms with Crippen LogP contribution in [-0.4, -0.2) is 33.0 Å². The van der Waals surface area contributed by atoms with Gasteiger partial charge < -0.3 is 0 Å². The van der Waals surface area contributed by atoms with Gasteiger partial charge in [-0.25, -0.2) is 0 Å². The third-order valence-corrected chi connectivity index (χ3v) is 5.06. The maximum atomic E-state index is 11.9. The van der Waals surface area contributed by atoms with Crippen molar-refractivity contribution in [1.82, 2.24) is 15.2 Å². The standard InChI is InChI=1S/C13H19BrN4O/c14-7-9-6-11(19)18(8-9)13-15-12(16-17-13)10-4-2-1-3-5-10/h9-10H,1-8H2,(H,15,16,17). The summed E-state index contributed by atoms with van der Waals surface area (Å²) < 4.78 is 0. The van der Waals surface area contributed by atoms with Crippen molar-refractivity contribution in [3.05, 3.63) is 5.82 Å². The van der Waals surface area contributed by atoms with Crippen molar-refractivity contribution in [1.29, 1.82) is 0 Å². The summed E-state index contributed by atoms with van der Waals surface area (Å²) in [4.78, 5) is 18.2. The van der Waals surface area contributed by atoms with Gasteiger partial charge in [0.15, 0.2) is 0 Å². The second-order valence-corrected chi connectivity index (χ2v) is 6.23. The van der Waals surface area contributed by atoms with Gasteiger partial charge in [0.1, 0.15) is 5.82 Å². The Kier molecular flexibility index (Phi) is 3.86. The first-order chi connectivity index (χ1) is 9.28. The van der Waals surface area contributed by atoms with Gasteiger partial charge in [0, 0.05) is 24.2 Å². The van der Waals surface area contributed by atoms with Gasteiger partial charge in [-0.3, -0.25) is 14.8 Å². The third-order valence-electron chi connectivity index (χ3n) is 4.15. The van der Waals surface area contributed by atoms with Crippen LogP contribution in [0.1, 0.15) is 50.3 Å². The van der Waals surface area contributed by atoms with E-state index in [2.05, 4.69) is 31.1 Å². The van der Waals surface area contributed by atoms with Crippen molar-refractivity contribution >= 4 is 27.8 Å². The van der Waals surface area contributed by atoms with E-state index in [1.165, 1.54) is 32.1 Å². The summed E-state index contributed by atoms with van der Waals surface area (Å²) in [6, 6.07) is 0. The minimum Gasteiger partial charge on any atom is -0.279 e. The van der Waals surface area contributed by atoms with Crippen LogP contribution in [0.4, 0.5) is 5.95 Å². The molecule has 5 nitrogen and oxygen atoms in total. The first kappa shape index (κ1) is 13.1. The molecule has 0 aromatic carbocycles. The predicted octanol–water partition coefficient (Wildman–Crippen LogP) is 2.60. The summed E-state index contributed by atoms with van der Waals surface area (Å²) in [5, 5.41) is 8.14. The van der Waals surface area contributed by atoms with E-state index in [9.17, 15) is 4.79 Å². The van der Waals surface area contributed by atoms with E-state index in [1.54, 1.807) is 4.90 Å². The Morgan fingerprint density at radius 3 is 2.79 bits per heavy atom. The number of rotatable bonds is 3. The molecule has 1 N–H and O–H groups in total. The Hall–Kier alpha value is -0.910. The first-order valence-corrected chi connectivity index (χ1v) is 8.18. The molecule has 2 fully saturated rings. The molecule has 2 heterocycles. The average molecular weight is 327 g/mol. The molecular weight excluding hydrogens is 308 g/mol. The highest BCUT2D eigenvalue weighted by Crippen LogP contribution is 2.32. The second kappa shape index (κ2) is 5.61. The van der Waals surface area contributed by atoms with Crippen LogP contribution in [0.3, 0.4) is 0 Å². The highest BCUT2D eigenvalue weighted by atomic mass is 79.9. The van der Waals surface area contributed by atoms with Crippen molar-refractivity contribution < 1.29 is 4.79 Å². The summed E-state index contributed by atoms with van der Waals surface area (Å²) >= 11 is 3.44. The van der Waals surface area contributed by atoms with E-state index >= 15 is 0 Å². The number of aromatic amines is 1. The molecule has 19 heavy (non-hydrogen) atoms. The molecule has 3 rings (SSSR count). The minimum atomic E-state index is 0.138. The van der Waals surface area contributed by atoms with Gasteiger partial charge in [0.25, 0.3) is 5.95 Å². The van der Waals surface area contributed by atoms with Crippen LogP contribution in [0.15, 0.2) is 0 Å². The van der Waals surface area contributed by atoms with Gasteiger partial charge in [-0.2, -0.15) is 4.98 Å². The van der Waals surface area contributed by atoms with E-state index < -0.39 is 0 Å². The number of amides is 1. The predicted molar refractivity (Wildman–Crippen MR) is 76.5 cm³/mol. The van der Waals surface area contributed by atoms with Crippen LogP contribution in [0, 0.1) is 5.92 Å². The smallest absolute Gasteiger partial charge is 0.251 e. The fourth-order valence-corrected chi connectivity index (χ4v) is 3.46. The molecule has 1 aliphatic carbocycles. The van der Waals surface area contributed by atoms with Gasteiger partial charge >= 0.3 is 0 Å². The number of carbonyl (C=O) groups is 1. The zero-order valence-electron chi connectivity index (χ0n) is 10.9. The van der Waals surface area contributed by atoms with Gasteiger partial charge in [-0.05, 0) is 18.8 Å². The molecule has 0 spiro atoms. The molecule has 1 atom stereocenters. The van der Waals surface area contributed by atoms with Crippen molar-refractivity contribution in [2.24, 2.45) is 5.92 Å². The molecule has 2 aliphatic rings. The summed E-state index contributed by atoms with van der Waals surface area (Å²) in [6.07, 6.45) is 6.84. The summed E-state index contributed by atoms with van der Waals surface area (Å²) in [7, 11) is 0.